The van der Waals surface area contributed by atoms with Gasteiger partial charge in [0.1, 0.15) is 0 Å². The van der Waals surface area contributed by atoms with E-state index in [1.807, 2.05) is 6.92 Å². The van der Waals surface area contributed by atoms with E-state index in [0.29, 0.717) is 6.54 Å². The summed E-state index contributed by atoms with van der Waals surface area (Å²) in [7, 11) is -1.88. The first-order chi connectivity index (χ1) is 6.06. The lowest BCUT2D eigenvalue weighted by molar-refractivity contribution is 0.569. The summed E-state index contributed by atoms with van der Waals surface area (Å²) < 4.78 is 25.1. The Morgan fingerprint density at radius 2 is 2.31 bits per heavy atom. The number of sulfonamides is 1. The van der Waals surface area contributed by atoms with Gasteiger partial charge in [0.2, 0.25) is 5.03 Å². The molecule has 0 saturated carbocycles. The van der Waals surface area contributed by atoms with E-state index in [2.05, 4.69) is 14.9 Å². The average molecular weight is 204 g/mol. The number of nitrogens with zero attached hydrogens (tertiary/aromatic N) is 3. The van der Waals surface area contributed by atoms with Crippen molar-refractivity contribution in [2.75, 3.05) is 6.54 Å². The molecule has 0 radical (unpaired) electrons. The number of nitrogens with one attached hydrogen (secondary N) is 1. The highest BCUT2D eigenvalue weighted by Crippen LogP contribution is 2.00. The van der Waals surface area contributed by atoms with Gasteiger partial charge in [-0.15, -0.1) is 5.10 Å². The predicted molar refractivity (Wildman–Crippen MR) is 46.5 cm³/mol. The van der Waals surface area contributed by atoms with Crippen molar-refractivity contribution < 1.29 is 8.42 Å². The van der Waals surface area contributed by atoms with Crippen LogP contribution in [0.25, 0.3) is 0 Å². The van der Waals surface area contributed by atoms with Crippen LogP contribution in [0.3, 0.4) is 0 Å². The summed E-state index contributed by atoms with van der Waals surface area (Å²) in [6.07, 6.45) is 1.97. The van der Waals surface area contributed by atoms with E-state index >= 15 is 0 Å². The topological polar surface area (TPSA) is 76.9 Å². The fourth-order valence-electron chi connectivity index (χ4n) is 0.761. The summed E-state index contributed by atoms with van der Waals surface area (Å²) >= 11 is 0. The van der Waals surface area contributed by atoms with Gasteiger partial charge in [0, 0.05) is 13.6 Å². The van der Waals surface area contributed by atoms with Crippen molar-refractivity contribution in [3.63, 3.8) is 0 Å². The molecule has 0 unspecified atom stereocenters. The number of rotatable bonds is 4. The molecule has 1 aromatic rings. The zero-order valence-electron chi connectivity index (χ0n) is 7.56. The fourth-order valence-corrected chi connectivity index (χ4v) is 1.79. The molecule has 74 valence electrons. The Balaban J connectivity index is 2.82. The third kappa shape index (κ3) is 2.49. The monoisotopic (exact) mass is 204 g/mol. The minimum Gasteiger partial charge on any atom is -0.210 e. The van der Waals surface area contributed by atoms with Crippen molar-refractivity contribution in [2.45, 2.75) is 18.4 Å². The predicted octanol–water partition coefficient (Wildman–Crippen LogP) is -0.497. The summed E-state index contributed by atoms with van der Waals surface area (Å²) in [6, 6.07) is 0. The molecule has 1 N–H and O–H groups in total. The molecule has 7 heteroatoms. The van der Waals surface area contributed by atoms with Crippen LogP contribution in [0.15, 0.2) is 11.2 Å². The number of hydrogen-bond donors (Lipinski definition) is 1. The zero-order chi connectivity index (χ0) is 9.90. The molecule has 1 aromatic heterocycles. The van der Waals surface area contributed by atoms with E-state index in [0.717, 1.165) is 6.42 Å². The molecule has 0 fully saturated rings. The van der Waals surface area contributed by atoms with Crippen molar-refractivity contribution in [1.29, 1.82) is 0 Å². The second kappa shape index (κ2) is 3.84. The highest BCUT2D eigenvalue weighted by atomic mass is 32.2. The van der Waals surface area contributed by atoms with E-state index in [1.54, 1.807) is 7.05 Å². The molecule has 0 aliphatic carbocycles. The summed E-state index contributed by atoms with van der Waals surface area (Å²) in [4.78, 5) is 1.21. The standard InChI is InChI=1S/C6H12N4O2S/c1-3-4-8-13(11,12)6-5-7-10(2)9-6/h5,8H,3-4H2,1-2H3. The Morgan fingerprint density at radius 3 is 2.77 bits per heavy atom. The molecule has 0 aromatic carbocycles. The zero-order valence-corrected chi connectivity index (χ0v) is 8.37. The van der Waals surface area contributed by atoms with Gasteiger partial charge in [-0.1, -0.05) is 6.92 Å². The van der Waals surface area contributed by atoms with Crippen LogP contribution in [0.4, 0.5) is 0 Å². The van der Waals surface area contributed by atoms with Crippen LogP contribution in [0, 0.1) is 0 Å². The minimum absolute atomic E-state index is 0.0385. The summed E-state index contributed by atoms with van der Waals surface area (Å²) in [5, 5.41) is 7.33. The van der Waals surface area contributed by atoms with Crippen LogP contribution < -0.4 is 4.72 Å². The SMILES string of the molecule is CCCNS(=O)(=O)c1cnn(C)n1. The Kier molecular flexibility index (Phi) is 2.99. The second-order valence-corrected chi connectivity index (χ2v) is 4.28. The third-order valence-corrected chi connectivity index (χ3v) is 2.72. The van der Waals surface area contributed by atoms with Gasteiger partial charge in [-0.3, -0.25) is 0 Å². The van der Waals surface area contributed by atoms with Gasteiger partial charge in [0.15, 0.2) is 0 Å². The van der Waals surface area contributed by atoms with Gasteiger partial charge in [-0.25, -0.2) is 13.1 Å². The normalized spacial score (nSPS) is 11.8. The van der Waals surface area contributed by atoms with Crippen LogP contribution in [0.2, 0.25) is 0 Å². The van der Waals surface area contributed by atoms with Gasteiger partial charge in [-0.05, 0) is 6.42 Å². The highest BCUT2D eigenvalue weighted by molar-refractivity contribution is 7.89. The first-order valence-corrected chi connectivity index (χ1v) is 5.40. The molecule has 0 atom stereocenters. The molecule has 6 nitrogen and oxygen atoms in total. The van der Waals surface area contributed by atoms with E-state index in [1.165, 1.54) is 11.0 Å². The Bertz CT molecular complexity index is 370. The minimum atomic E-state index is -3.45. The van der Waals surface area contributed by atoms with Gasteiger partial charge < -0.3 is 0 Å². The highest BCUT2D eigenvalue weighted by Gasteiger charge is 2.16. The van der Waals surface area contributed by atoms with E-state index in [-0.39, 0.29) is 5.03 Å². The molecular formula is C6H12N4O2S. The lowest BCUT2D eigenvalue weighted by Gasteiger charge is -1.99. The summed E-state index contributed by atoms with van der Waals surface area (Å²) in [5.74, 6) is 0. The number of aromatic nitrogens is 3. The molecule has 0 aliphatic rings. The maximum Gasteiger partial charge on any atom is 0.261 e. The molecule has 0 aliphatic heterocycles. The van der Waals surface area contributed by atoms with Crippen LogP contribution in [-0.4, -0.2) is 30.0 Å². The molecule has 1 heterocycles. The van der Waals surface area contributed by atoms with Crippen LogP contribution in [0.5, 0.6) is 0 Å². The van der Waals surface area contributed by atoms with E-state index in [4.69, 9.17) is 0 Å². The molecule has 0 bridgehead atoms. The first kappa shape index (κ1) is 10.1. The molecule has 0 saturated heterocycles. The first-order valence-electron chi connectivity index (χ1n) is 3.92. The third-order valence-electron chi connectivity index (χ3n) is 1.40. The largest absolute Gasteiger partial charge is 0.261 e. The van der Waals surface area contributed by atoms with Crippen LogP contribution >= 0.6 is 0 Å². The van der Waals surface area contributed by atoms with Gasteiger partial charge in [0.05, 0.1) is 6.20 Å². The fraction of sp³-hybridized carbons (Fsp3) is 0.667. The van der Waals surface area contributed by atoms with Crippen molar-refractivity contribution >= 4 is 10.0 Å². The summed E-state index contributed by atoms with van der Waals surface area (Å²) in [6.45, 7) is 2.30. The molecular weight excluding hydrogens is 192 g/mol. The van der Waals surface area contributed by atoms with E-state index < -0.39 is 10.0 Å². The lowest BCUT2D eigenvalue weighted by Crippen LogP contribution is -2.24. The molecule has 13 heavy (non-hydrogen) atoms. The van der Waals surface area contributed by atoms with Crippen LogP contribution in [0.1, 0.15) is 13.3 Å². The lowest BCUT2D eigenvalue weighted by atomic mass is 10.5. The maximum absolute atomic E-state index is 11.4. The Hall–Kier alpha value is -0.950. The molecule has 0 spiro atoms. The average Bonchev–Trinajstić information content (AvgIpc) is 2.49. The second-order valence-electron chi connectivity index (χ2n) is 2.57. The summed E-state index contributed by atoms with van der Waals surface area (Å²) in [5.41, 5.74) is 0. The van der Waals surface area contributed by atoms with Gasteiger partial charge in [0.25, 0.3) is 10.0 Å². The Morgan fingerprint density at radius 1 is 1.62 bits per heavy atom. The van der Waals surface area contributed by atoms with Crippen molar-refractivity contribution in [2.24, 2.45) is 7.05 Å². The van der Waals surface area contributed by atoms with E-state index in [9.17, 15) is 8.42 Å². The van der Waals surface area contributed by atoms with Gasteiger partial charge >= 0.3 is 0 Å². The molecule has 0 amide bonds. The number of hydrogen-bond acceptors (Lipinski definition) is 4. The van der Waals surface area contributed by atoms with Gasteiger partial charge in [-0.2, -0.15) is 9.90 Å². The quantitative estimate of drug-likeness (QED) is 0.717. The number of aryl methyl sites for hydroxylation is 1. The molecule has 1 rings (SSSR count). The van der Waals surface area contributed by atoms with Crippen molar-refractivity contribution in [3.05, 3.63) is 6.20 Å². The van der Waals surface area contributed by atoms with Crippen LogP contribution in [-0.2, 0) is 17.1 Å². The Labute approximate surface area is 77.0 Å². The smallest absolute Gasteiger partial charge is 0.210 e. The van der Waals surface area contributed by atoms with Crippen molar-refractivity contribution in [3.8, 4) is 0 Å². The maximum atomic E-state index is 11.4. The van der Waals surface area contributed by atoms with Crippen molar-refractivity contribution in [1.82, 2.24) is 19.7 Å².